The smallest absolute Gasteiger partial charge is 0.0810 e. The van der Waals surface area contributed by atoms with Crippen LogP contribution < -0.4 is 5.32 Å². The molecule has 0 spiro atoms. The van der Waals surface area contributed by atoms with E-state index in [0.717, 1.165) is 36.5 Å². The van der Waals surface area contributed by atoms with Crippen LogP contribution in [0.25, 0.3) is 0 Å². The monoisotopic (exact) mass is 281 g/mol. The molecule has 2 nitrogen and oxygen atoms in total. The van der Waals surface area contributed by atoms with E-state index in [1.807, 2.05) is 24.3 Å². The molecule has 19 heavy (non-hydrogen) atoms. The summed E-state index contributed by atoms with van der Waals surface area (Å²) in [5.74, 6) is 0. The summed E-state index contributed by atoms with van der Waals surface area (Å²) in [6.45, 7) is 4.71. The number of halogens is 1. The topological polar surface area (TPSA) is 21.3 Å². The molecule has 0 bridgehead atoms. The van der Waals surface area contributed by atoms with E-state index < -0.39 is 0 Å². The molecule has 2 rings (SSSR count). The predicted molar refractivity (Wildman–Crippen MR) is 80.6 cm³/mol. The summed E-state index contributed by atoms with van der Waals surface area (Å²) in [4.78, 5) is 0. The molecule has 0 radical (unpaired) electrons. The molecular formula is C16H24ClNO. The first-order chi connectivity index (χ1) is 9.26. The highest BCUT2D eigenvalue weighted by Crippen LogP contribution is 2.32. The van der Waals surface area contributed by atoms with Crippen molar-refractivity contribution in [1.29, 1.82) is 0 Å². The highest BCUT2D eigenvalue weighted by Gasteiger charge is 2.32. The Labute approximate surface area is 121 Å². The van der Waals surface area contributed by atoms with Gasteiger partial charge in [-0.15, -0.1) is 0 Å². The zero-order valence-corrected chi connectivity index (χ0v) is 12.5. The standard InChI is InChI=1S/C16H24ClNO/c1-2-18-13-16(10-6-3-7-11-16)19-12-14-8-4-5-9-15(14)17/h4-5,8-9,18H,2-3,6-7,10-13H2,1H3. The van der Waals surface area contributed by atoms with Gasteiger partial charge in [0.2, 0.25) is 0 Å². The fourth-order valence-electron chi connectivity index (χ4n) is 2.77. The van der Waals surface area contributed by atoms with E-state index in [9.17, 15) is 0 Å². The molecule has 1 fully saturated rings. The lowest BCUT2D eigenvalue weighted by molar-refractivity contribution is -0.0782. The van der Waals surface area contributed by atoms with Crippen molar-refractivity contribution in [2.24, 2.45) is 0 Å². The van der Waals surface area contributed by atoms with Crippen LogP contribution in [0, 0.1) is 0 Å². The normalized spacial score (nSPS) is 18.4. The first-order valence-electron chi connectivity index (χ1n) is 7.34. The third kappa shape index (κ3) is 4.20. The number of rotatable bonds is 6. The molecule has 0 saturated heterocycles. The molecule has 0 atom stereocenters. The van der Waals surface area contributed by atoms with Crippen LogP contribution in [-0.4, -0.2) is 18.7 Å². The Bertz CT molecular complexity index is 388. The van der Waals surface area contributed by atoms with Gasteiger partial charge in [-0.3, -0.25) is 0 Å². The summed E-state index contributed by atoms with van der Waals surface area (Å²) in [5, 5.41) is 4.25. The summed E-state index contributed by atoms with van der Waals surface area (Å²) in [5.41, 5.74) is 1.10. The molecule has 0 aliphatic heterocycles. The Morgan fingerprint density at radius 2 is 1.95 bits per heavy atom. The summed E-state index contributed by atoms with van der Waals surface area (Å²) in [7, 11) is 0. The largest absolute Gasteiger partial charge is 0.369 e. The van der Waals surface area contributed by atoms with Crippen LogP contribution >= 0.6 is 11.6 Å². The average molecular weight is 282 g/mol. The van der Waals surface area contributed by atoms with Crippen molar-refractivity contribution in [3.8, 4) is 0 Å². The zero-order valence-electron chi connectivity index (χ0n) is 11.8. The fourth-order valence-corrected chi connectivity index (χ4v) is 2.96. The molecule has 0 heterocycles. The van der Waals surface area contributed by atoms with Crippen LogP contribution in [0.15, 0.2) is 24.3 Å². The maximum absolute atomic E-state index is 6.29. The van der Waals surface area contributed by atoms with Gasteiger partial charge in [-0.2, -0.15) is 0 Å². The average Bonchev–Trinajstić information content (AvgIpc) is 2.46. The lowest BCUT2D eigenvalue weighted by Crippen LogP contribution is -2.44. The highest BCUT2D eigenvalue weighted by molar-refractivity contribution is 6.31. The van der Waals surface area contributed by atoms with Gasteiger partial charge in [0.05, 0.1) is 12.2 Å². The Hall–Kier alpha value is -0.570. The van der Waals surface area contributed by atoms with Crippen LogP contribution in [0.2, 0.25) is 5.02 Å². The molecule has 106 valence electrons. The summed E-state index contributed by atoms with van der Waals surface area (Å²) < 4.78 is 6.29. The SMILES string of the molecule is CCNCC1(OCc2ccccc2Cl)CCCCC1. The second-order valence-corrected chi connectivity index (χ2v) is 5.81. The predicted octanol–water partition coefficient (Wildman–Crippen LogP) is 4.17. The van der Waals surface area contributed by atoms with Crippen molar-refractivity contribution in [1.82, 2.24) is 5.32 Å². The second-order valence-electron chi connectivity index (χ2n) is 5.40. The van der Waals surface area contributed by atoms with Crippen LogP contribution in [0.3, 0.4) is 0 Å². The minimum Gasteiger partial charge on any atom is -0.369 e. The van der Waals surface area contributed by atoms with Gasteiger partial charge in [0.25, 0.3) is 0 Å². The van der Waals surface area contributed by atoms with Crippen LogP contribution in [0.5, 0.6) is 0 Å². The molecule has 1 N–H and O–H groups in total. The van der Waals surface area contributed by atoms with Gasteiger partial charge in [0.1, 0.15) is 0 Å². The Morgan fingerprint density at radius 3 is 2.63 bits per heavy atom. The first kappa shape index (κ1) is 14.8. The van der Waals surface area contributed by atoms with Crippen LogP contribution in [-0.2, 0) is 11.3 Å². The van der Waals surface area contributed by atoms with E-state index in [4.69, 9.17) is 16.3 Å². The number of hydrogen-bond acceptors (Lipinski definition) is 2. The lowest BCUT2D eigenvalue weighted by atomic mass is 9.84. The summed E-state index contributed by atoms with van der Waals surface area (Å²) in [6, 6.07) is 7.95. The third-order valence-electron chi connectivity index (χ3n) is 3.95. The van der Waals surface area contributed by atoms with Crippen molar-refractivity contribution in [3.05, 3.63) is 34.9 Å². The van der Waals surface area contributed by atoms with Gasteiger partial charge in [-0.1, -0.05) is 56.0 Å². The van der Waals surface area contributed by atoms with Crippen molar-refractivity contribution in [2.45, 2.75) is 51.2 Å². The fraction of sp³-hybridized carbons (Fsp3) is 0.625. The minimum atomic E-state index is 0.00737. The molecule has 0 aromatic heterocycles. The summed E-state index contributed by atoms with van der Waals surface area (Å²) >= 11 is 6.20. The first-order valence-corrected chi connectivity index (χ1v) is 7.72. The molecule has 0 unspecified atom stereocenters. The highest BCUT2D eigenvalue weighted by atomic mass is 35.5. The van der Waals surface area contributed by atoms with Gasteiger partial charge in [0.15, 0.2) is 0 Å². The van der Waals surface area contributed by atoms with E-state index in [0.29, 0.717) is 6.61 Å². The van der Waals surface area contributed by atoms with E-state index in [-0.39, 0.29) is 5.60 Å². The molecule has 1 aromatic rings. The van der Waals surface area contributed by atoms with Crippen molar-refractivity contribution < 1.29 is 4.74 Å². The van der Waals surface area contributed by atoms with Crippen LogP contribution in [0.1, 0.15) is 44.6 Å². The molecule has 1 aromatic carbocycles. The van der Waals surface area contributed by atoms with Gasteiger partial charge < -0.3 is 10.1 Å². The Balaban J connectivity index is 1.98. The van der Waals surface area contributed by atoms with Gasteiger partial charge >= 0.3 is 0 Å². The number of benzene rings is 1. The van der Waals surface area contributed by atoms with Gasteiger partial charge in [-0.05, 0) is 31.0 Å². The number of likely N-dealkylation sites (N-methyl/N-ethyl adjacent to an activating group) is 1. The molecule has 3 heteroatoms. The molecule has 1 aliphatic rings. The molecule has 0 amide bonds. The third-order valence-corrected chi connectivity index (χ3v) is 4.32. The van der Waals surface area contributed by atoms with Crippen molar-refractivity contribution in [2.75, 3.05) is 13.1 Å². The van der Waals surface area contributed by atoms with Crippen molar-refractivity contribution in [3.63, 3.8) is 0 Å². The molecular weight excluding hydrogens is 258 g/mol. The van der Waals surface area contributed by atoms with Crippen molar-refractivity contribution >= 4 is 11.6 Å². The maximum atomic E-state index is 6.29. The number of hydrogen-bond donors (Lipinski definition) is 1. The molecule has 1 saturated carbocycles. The van der Waals surface area contributed by atoms with Gasteiger partial charge in [-0.25, -0.2) is 0 Å². The Morgan fingerprint density at radius 1 is 1.21 bits per heavy atom. The van der Waals surface area contributed by atoms with E-state index in [2.05, 4.69) is 12.2 Å². The number of nitrogens with one attached hydrogen (secondary N) is 1. The summed E-state index contributed by atoms with van der Waals surface area (Å²) in [6.07, 6.45) is 6.19. The van der Waals surface area contributed by atoms with E-state index >= 15 is 0 Å². The van der Waals surface area contributed by atoms with E-state index in [1.54, 1.807) is 0 Å². The second kappa shape index (κ2) is 7.28. The van der Waals surface area contributed by atoms with Gasteiger partial charge in [0, 0.05) is 11.6 Å². The van der Waals surface area contributed by atoms with E-state index in [1.165, 1.54) is 19.3 Å². The quantitative estimate of drug-likeness (QED) is 0.845. The Kier molecular flexibility index (Phi) is 5.68. The maximum Gasteiger partial charge on any atom is 0.0810 e. The van der Waals surface area contributed by atoms with Crippen LogP contribution in [0.4, 0.5) is 0 Å². The lowest BCUT2D eigenvalue weighted by Gasteiger charge is -2.37. The molecule has 1 aliphatic carbocycles. The number of ether oxygens (including phenoxy) is 1. The minimum absolute atomic E-state index is 0.00737. The zero-order chi connectivity index (χ0) is 13.6.